The predicted octanol–water partition coefficient (Wildman–Crippen LogP) is 3.94. The quantitative estimate of drug-likeness (QED) is 0.724. The highest BCUT2D eigenvalue weighted by Crippen LogP contribution is 2.40. The average Bonchev–Trinajstić information content (AvgIpc) is 3.28. The van der Waals surface area contributed by atoms with Crippen LogP contribution < -0.4 is 0 Å². The van der Waals surface area contributed by atoms with Crippen molar-refractivity contribution in [2.45, 2.75) is 45.4 Å². The molecule has 1 aliphatic carbocycles. The molecule has 1 aromatic carbocycles. The van der Waals surface area contributed by atoms with Gasteiger partial charge in [-0.05, 0) is 42.2 Å². The average molecular weight is 260 g/mol. The summed E-state index contributed by atoms with van der Waals surface area (Å²) in [5.74, 6) is 1.04. The molecule has 0 radical (unpaired) electrons. The summed E-state index contributed by atoms with van der Waals surface area (Å²) in [6.07, 6.45) is 4.44. The van der Waals surface area contributed by atoms with Crippen molar-refractivity contribution in [3.05, 3.63) is 35.4 Å². The van der Waals surface area contributed by atoms with Crippen LogP contribution in [-0.2, 0) is 16.0 Å². The van der Waals surface area contributed by atoms with E-state index in [2.05, 4.69) is 38.1 Å². The summed E-state index contributed by atoms with van der Waals surface area (Å²) in [6.45, 7) is 4.25. The monoisotopic (exact) mass is 260 g/mol. The van der Waals surface area contributed by atoms with Crippen LogP contribution in [0.15, 0.2) is 24.3 Å². The van der Waals surface area contributed by atoms with Crippen LogP contribution in [0.4, 0.5) is 0 Å². The van der Waals surface area contributed by atoms with Crippen molar-refractivity contribution in [3.8, 4) is 0 Å². The summed E-state index contributed by atoms with van der Waals surface area (Å²) >= 11 is 0. The van der Waals surface area contributed by atoms with Crippen LogP contribution in [0.5, 0.6) is 0 Å². The molecule has 0 bridgehead atoms. The predicted molar refractivity (Wildman–Crippen MR) is 77.1 cm³/mol. The molecular formula is C17H24O2. The van der Waals surface area contributed by atoms with Gasteiger partial charge in [-0.3, -0.25) is 4.79 Å². The molecule has 1 saturated carbocycles. The Morgan fingerprint density at radius 2 is 1.95 bits per heavy atom. The van der Waals surface area contributed by atoms with Gasteiger partial charge in [-0.2, -0.15) is 0 Å². The summed E-state index contributed by atoms with van der Waals surface area (Å²) in [7, 11) is 1.48. The second kappa shape index (κ2) is 6.23. The Labute approximate surface area is 116 Å². The standard InChI is InChI=1S/C17H24O2/c1-4-12(2)16(17(18)19-3)11-13-5-7-14(8-6-13)15-9-10-15/h5-8,12,15-16H,4,9-11H2,1-3H3. The van der Waals surface area contributed by atoms with Gasteiger partial charge in [0.25, 0.3) is 0 Å². The zero-order valence-electron chi connectivity index (χ0n) is 12.2. The molecule has 0 amide bonds. The second-order valence-corrected chi connectivity index (χ2v) is 5.74. The van der Waals surface area contributed by atoms with Crippen LogP contribution in [0.1, 0.15) is 50.2 Å². The number of hydrogen-bond acceptors (Lipinski definition) is 2. The van der Waals surface area contributed by atoms with E-state index in [0.717, 1.165) is 18.8 Å². The lowest BCUT2D eigenvalue weighted by molar-refractivity contribution is -0.147. The number of methoxy groups -OCH3 is 1. The molecule has 0 aliphatic heterocycles. The number of esters is 1. The Balaban J connectivity index is 2.04. The lowest BCUT2D eigenvalue weighted by Crippen LogP contribution is -2.25. The van der Waals surface area contributed by atoms with E-state index >= 15 is 0 Å². The molecule has 1 aliphatic rings. The van der Waals surface area contributed by atoms with E-state index in [0.29, 0.717) is 5.92 Å². The molecule has 104 valence electrons. The van der Waals surface area contributed by atoms with Crippen molar-refractivity contribution in [1.29, 1.82) is 0 Å². The molecule has 2 nitrogen and oxygen atoms in total. The molecule has 1 aromatic rings. The fourth-order valence-corrected chi connectivity index (χ4v) is 2.55. The van der Waals surface area contributed by atoms with E-state index in [-0.39, 0.29) is 11.9 Å². The van der Waals surface area contributed by atoms with Crippen LogP contribution in [-0.4, -0.2) is 13.1 Å². The van der Waals surface area contributed by atoms with Crippen molar-refractivity contribution in [2.75, 3.05) is 7.11 Å². The first-order valence-corrected chi connectivity index (χ1v) is 7.32. The van der Waals surface area contributed by atoms with Crippen molar-refractivity contribution in [3.63, 3.8) is 0 Å². The summed E-state index contributed by atoms with van der Waals surface area (Å²) in [6, 6.07) is 8.79. The lowest BCUT2D eigenvalue weighted by Gasteiger charge is -2.20. The minimum Gasteiger partial charge on any atom is -0.469 e. The van der Waals surface area contributed by atoms with Gasteiger partial charge in [0, 0.05) is 0 Å². The first kappa shape index (κ1) is 14.1. The van der Waals surface area contributed by atoms with Gasteiger partial charge in [-0.25, -0.2) is 0 Å². The van der Waals surface area contributed by atoms with E-state index in [1.165, 1.54) is 31.1 Å². The third kappa shape index (κ3) is 3.59. The van der Waals surface area contributed by atoms with Crippen LogP contribution >= 0.6 is 0 Å². The molecule has 2 atom stereocenters. The third-order valence-corrected chi connectivity index (χ3v) is 4.32. The van der Waals surface area contributed by atoms with Crippen LogP contribution in [0.2, 0.25) is 0 Å². The molecule has 2 heteroatoms. The van der Waals surface area contributed by atoms with E-state index in [1.54, 1.807) is 0 Å². The molecule has 1 fully saturated rings. The van der Waals surface area contributed by atoms with Gasteiger partial charge in [0.05, 0.1) is 13.0 Å². The van der Waals surface area contributed by atoms with Gasteiger partial charge in [-0.1, -0.05) is 44.5 Å². The van der Waals surface area contributed by atoms with Crippen molar-refractivity contribution >= 4 is 5.97 Å². The molecule has 0 N–H and O–H groups in total. The van der Waals surface area contributed by atoms with Crippen molar-refractivity contribution in [2.24, 2.45) is 11.8 Å². The molecule has 2 unspecified atom stereocenters. The number of rotatable bonds is 6. The maximum absolute atomic E-state index is 11.9. The van der Waals surface area contributed by atoms with Gasteiger partial charge >= 0.3 is 5.97 Å². The van der Waals surface area contributed by atoms with Gasteiger partial charge in [0.1, 0.15) is 0 Å². The number of carbonyl (C=O) groups is 1. The first-order valence-electron chi connectivity index (χ1n) is 7.32. The fourth-order valence-electron chi connectivity index (χ4n) is 2.55. The van der Waals surface area contributed by atoms with Crippen LogP contribution in [0.3, 0.4) is 0 Å². The number of carbonyl (C=O) groups excluding carboxylic acids is 1. The molecule has 0 saturated heterocycles. The number of benzene rings is 1. The smallest absolute Gasteiger partial charge is 0.309 e. The largest absolute Gasteiger partial charge is 0.469 e. The maximum Gasteiger partial charge on any atom is 0.309 e. The summed E-state index contributed by atoms with van der Waals surface area (Å²) in [5, 5.41) is 0. The zero-order chi connectivity index (χ0) is 13.8. The Morgan fingerprint density at radius 3 is 2.42 bits per heavy atom. The molecule has 0 heterocycles. The molecule has 2 rings (SSSR count). The Bertz CT molecular complexity index is 417. The van der Waals surface area contributed by atoms with Gasteiger partial charge < -0.3 is 4.74 Å². The van der Waals surface area contributed by atoms with Crippen molar-refractivity contribution in [1.82, 2.24) is 0 Å². The Morgan fingerprint density at radius 1 is 1.32 bits per heavy atom. The van der Waals surface area contributed by atoms with Crippen LogP contribution in [0, 0.1) is 11.8 Å². The van der Waals surface area contributed by atoms with E-state index in [1.807, 2.05) is 0 Å². The normalized spacial score (nSPS) is 17.8. The molecule has 19 heavy (non-hydrogen) atoms. The lowest BCUT2D eigenvalue weighted by atomic mass is 9.86. The van der Waals surface area contributed by atoms with Crippen LogP contribution in [0.25, 0.3) is 0 Å². The summed E-state index contributed by atoms with van der Waals surface area (Å²) < 4.78 is 4.94. The third-order valence-electron chi connectivity index (χ3n) is 4.32. The molecule has 0 spiro atoms. The second-order valence-electron chi connectivity index (χ2n) is 5.74. The van der Waals surface area contributed by atoms with Gasteiger partial charge in [0.15, 0.2) is 0 Å². The highest BCUT2D eigenvalue weighted by molar-refractivity contribution is 5.73. The summed E-state index contributed by atoms with van der Waals surface area (Å²) in [4.78, 5) is 11.9. The Kier molecular flexibility index (Phi) is 4.62. The number of hydrogen-bond donors (Lipinski definition) is 0. The molecule has 0 aromatic heterocycles. The van der Waals surface area contributed by atoms with Gasteiger partial charge in [-0.15, -0.1) is 0 Å². The van der Waals surface area contributed by atoms with Crippen molar-refractivity contribution < 1.29 is 9.53 Å². The van der Waals surface area contributed by atoms with E-state index < -0.39 is 0 Å². The van der Waals surface area contributed by atoms with E-state index in [9.17, 15) is 4.79 Å². The zero-order valence-corrected chi connectivity index (χ0v) is 12.2. The first-order chi connectivity index (χ1) is 9.15. The highest BCUT2D eigenvalue weighted by atomic mass is 16.5. The maximum atomic E-state index is 11.9. The highest BCUT2D eigenvalue weighted by Gasteiger charge is 2.26. The minimum absolute atomic E-state index is 0.0261. The molecular weight excluding hydrogens is 236 g/mol. The fraction of sp³-hybridized carbons (Fsp3) is 0.588. The SMILES string of the molecule is CCC(C)C(Cc1ccc(C2CC2)cc1)C(=O)OC. The number of ether oxygens (including phenoxy) is 1. The Hall–Kier alpha value is -1.31. The summed E-state index contributed by atoms with van der Waals surface area (Å²) in [5.41, 5.74) is 2.68. The van der Waals surface area contributed by atoms with Gasteiger partial charge in [0.2, 0.25) is 0 Å². The van der Waals surface area contributed by atoms with E-state index in [4.69, 9.17) is 4.74 Å². The minimum atomic E-state index is -0.0828. The topological polar surface area (TPSA) is 26.3 Å².